The molecular formula is C17H14N2O2. The van der Waals surface area contributed by atoms with Crippen LogP contribution in [0, 0.1) is 11.3 Å². The molecule has 0 radical (unpaired) electrons. The first-order chi connectivity index (χ1) is 10.1. The number of nitrogens with zero attached hydrogens (tertiary/aromatic N) is 2. The van der Waals surface area contributed by atoms with Crippen LogP contribution in [-0.2, 0) is 4.79 Å². The number of benzene rings is 2. The minimum atomic E-state index is -0.995. The largest absolute Gasteiger partial charge is 0.478 e. The fourth-order valence-corrected chi connectivity index (χ4v) is 2.09. The van der Waals surface area contributed by atoms with Crippen LogP contribution in [0.1, 0.15) is 11.1 Å². The van der Waals surface area contributed by atoms with E-state index in [0.29, 0.717) is 5.56 Å². The second kappa shape index (κ2) is 6.40. The number of anilines is 2. The third-order valence-corrected chi connectivity index (χ3v) is 3.09. The van der Waals surface area contributed by atoms with E-state index in [1.165, 1.54) is 0 Å². The minimum Gasteiger partial charge on any atom is -0.478 e. The Morgan fingerprint density at radius 3 is 2.43 bits per heavy atom. The summed E-state index contributed by atoms with van der Waals surface area (Å²) in [5.41, 5.74) is 2.95. The van der Waals surface area contributed by atoms with Gasteiger partial charge >= 0.3 is 5.97 Å². The highest BCUT2D eigenvalue weighted by Crippen LogP contribution is 2.29. The van der Waals surface area contributed by atoms with Crippen LogP contribution in [0.2, 0.25) is 0 Å². The molecule has 2 aromatic carbocycles. The summed E-state index contributed by atoms with van der Waals surface area (Å²) in [4.78, 5) is 12.6. The molecule has 0 atom stereocenters. The maximum atomic E-state index is 10.7. The van der Waals surface area contributed by atoms with Crippen LogP contribution in [0.3, 0.4) is 0 Å². The number of nitriles is 1. The highest BCUT2D eigenvalue weighted by molar-refractivity contribution is 5.87. The van der Waals surface area contributed by atoms with Crippen LogP contribution in [0.5, 0.6) is 0 Å². The topological polar surface area (TPSA) is 64.3 Å². The number of carboxylic acid groups (broad SMARTS) is 1. The van der Waals surface area contributed by atoms with Gasteiger partial charge in [0.15, 0.2) is 0 Å². The van der Waals surface area contributed by atoms with E-state index in [2.05, 4.69) is 6.07 Å². The summed E-state index contributed by atoms with van der Waals surface area (Å²) < 4.78 is 0. The Balaban J connectivity index is 2.47. The molecule has 2 rings (SSSR count). The van der Waals surface area contributed by atoms with Gasteiger partial charge in [-0.1, -0.05) is 30.3 Å². The summed E-state index contributed by atoms with van der Waals surface area (Å²) in [5, 5.41) is 18.0. The molecule has 0 saturated heterocycles. The second-order valence-corrected chi connectivity index (χ2v) is 4.42. The van der Waals surface area contributed by atoms with Crippen molar-refractivity contribution in [2.24, 2.45) is 0 Å². The van der Waals surface area contributed by atoms with Gasteiger partial charge in [-0.2, -0.15) is 5.26 Å². The maximum absolute atomic E-state index is 10.7. The van der Waals surface area contributed by atoms with Crippen molar-refractivity contribution in [2.45, 2.75) is 0 Å². The number of hydrogen-bond acceptors (Lipinski definition) is 3. The van der Waals surface area contributed by atoms with Crippen molar-refractivity contribution >= 4 is 23.4 Å². The first-order valence-corrected chi connectivity index (χ1v) is 6.36. The lowest BCUT2D eigenvalue weighted by Crippen LogP contribution is -2.12. The monoisotopic (exact) mass is 278 g/mol. The molecule has 0 aliphatic heterocycles. The third-order valence-electron chi connectivity index (χ3n) is 3.09. The molecule has 0 aliphatic rings. The number of aliphatic carboxylic acids is 1. The lowest BCUT2D eigenvalue weighted by atomic mass is 10.1. The summed E-state index contributed by atoms with van der Waals surface area (Å²) in [6, 6.07) is 16.9. The lowest BCUT2D eigenvalue weighted by Gasteiger charge is -2.22. The average Bonchev–Trinajstić information content (AvgIpc) is 2.52. The maximum Gasteiger partial charge on any atom is 0.328 e. The van der Waals surface area contributed by atoms with Crippen molar-refractivity contribution in [3.8, 4) is 6.07 Å². The number of carboxylic acids is 1. The lowest BCUT2D eigenvalue weighted by molar-refractivity contribution is -0.131. The second-order valence-electron chi connectivity index (χ2n) is 4.42. The number of rotatable bonds is 4. The third kappa shape index (κ3) is 3.28. The standard InChI is InChI=1S/C17H14N2O2/c1-19(16-9-5-3-7-14(16)12-18)15-8-4-2-6-13(15)10-11-17(20)21/h2-11H,1H3,(H,20,21)/b11-10+. The number of hydrogen-bond donors (Lipinski definition) is 1. The number of para-hydroxylation sites is 2. The fraction of sp³-hybridized carbons (Fsp3) is 0.0588. The van der Waals surface area contributed by atoms with Crippen molar-refractivity contribution in [3.05, 3.63) is 65.7 Å². The van der Waals surface area contributed by atoms with Crippen LogP contribution in [0.15, 0.2) is 54.6 Å². The average molecular weight is 278 g/mol. The molecule has 0 spiro atoms. The number of carbonyl (C=O) groups is 1. The summed E-state index contributed by atoms with van der Waals surface area (Å²) in [5.74, 6) is -0.995. The van der Waals surface area contributed by atoms with Gasteiger partial charge in [-0.3, -0.25) is 0 Å². The van der Waals surface area contributed by atoms with E-state index >= 15 is 0 Å². The van der Waals surface area contributed by atoms with Gasteiger partial charge in [-0.05, 0) is 29.8 Å². The van der Waals surface area contributed by atoms with Crippen LogP contribution >= 0.6 is 0 Å². The molecule has 2 aromatic rings. The zero-order valence-corrected chi connectivity index (χ0v) is 11.5. The fourth-order valence-electron chi connectivity index (χ4n) is 2.09. The van der Waals surface area contributed by atoms with Crippen LogP contribution < -0.4 is 4.90 Å². The molecule has 4 nitrogen and oxygen atoms in total. The van der Waals surface area contributed by atoms with Crippen molar-refractivity contribution in [2.75, 3.05) is 11.9 Å². The molecule has 1 N–H and O–H groups in total. The zero-order valence-electron chi connectivity index (χ0n) is 11.5. The Labute approximate surface area is 123 Å². The summed E-state index contributed by atoms with van der Waals surface area (Å²) >= 11 is 0. The molecule has 0 aliphatic carbocycles. The SMILES string of the molecule is CN(c1ccccc1C#N)c1ccccc1/C=C/C(=O)O. The summed E-state index contributed by atoms with van der Waals surface area (Å²) in [6.07, 6.45) is 2.64. The van der Waals surface area contributed by atoms with Crippen LogP contribution in [0.4, 0.5) is 11.4 Å². The molecule has 104 valence electrons. The normalized spacial score (nSPS) is 10.3. The molecular weight excluding hydrogens is 264 g/mol. The predicted octanol–water partition coefficient (Wildman–Crippen LogP) is 3.42. The van der Waals surface area contributed by atoms with E-state index in [1.54, 1.807) is 12.1 Å². The zero-order chi connectivity index (χ0) is 15.2. The Morgan fingerprint density at radius 2 is 1.76 bits per heavy atom. The molecule has 0 aromatic heterocycles. The minimum absolute atomic E-state index is 0.567. The van der Waals surface area contributed by atoms with Gasteiger partial charge in [-0.15, -0.1) is 0 Å². The Kier molecular flexibility index (Phi) is 4.37. The van der Waals surface area contributed by atoms with E-state index in [1.807, 2.05) is 54.4 Å². The Morgan fingerprint density at radius 1 is 1.14 bits per heavy atom. The molecule has 0 fully saturated rings. The van der Waals surface area contributed by atoms with Crippen molar-refractivity contribution in [1.29, 1.82) is 5.26 Å². The summed E-state index contributed by atoms with van der Waals surface area (Å²) in [6.45, 7) is 0. The Hall–Kier alpha value is -3.06. The van der Waals surface area contributed by atoms with Gasteiger partial charge < -0.3 is 10.0 Å². The molecule has 0 amide bonds. The first-order valence-electron chi connectivity index (χ1n) is 6.36. The van der Waals surface area contributed by atoms with Gasteiger partial charge in [0.2, 0.25) is 0 Å². The van der Waals surface area contributed by atoms with Crippen LogP contribution in [0.25, 0.3) is 6.08 Å². The molecule has 0 unspecified atom stereocenters. The van der Waals surface area contributed by atoms with Crippen molar-refractivity contribution in [1.82, 2.24) is 0 Å². The van der Waals surface area contributed by atoms with Gasteiger partial charge in [0.05, 0.1) is 11.3 Å². The first kappa shape index (κ1) is 14.4. The van der Waals surface area contributed by atoms with Gasteiger partial charge in [0, 0.05) is 18.8 Å². The van der Waals surface area contributed by atoms with Crippen molar-refractivity contribution < 1.29 is 9.90 Å². The molecule has 0 bridgehead atoms. The van der Waals surface area contributed by atoms with E-state index < -0.39 is 5.97 Å². The molecule has 21 heavy (non-hydrogen) atoms. The molecule has 0 heterocycles. The van der Waals surface area contributed by atoms with E-state index in [0.717, 1.165) is 23.0 Å². The smallest absolute Gasteiger partial charge is 0.328 e. The highest BCUT2D eigenvalue weighted by atomic mass is 16.4. The quantitative estimate of drug-likeness (QED) is 0.870. The van der Waals surface area contributed by atoms with E-state index in [-0.39, 0.29) is 0 Å². The van der Waals surface area contributed by atoms with Crippen molar-refractivity contribution in [3.63, 3.8) is 0 Å². The molecule has 0 saturated carbocycles. The highest BCUT2D eigenvalue weighted by Gasteiger charge is 2.11. The van der Waals surface area contributed by atoms with E-state index in [4.69, 9.17) is 5.11 Å². The Bertz CT molecular complexity index is 730. The van der Waals surface area contributed by atoms with Gasteiger partial charge in [0.25, 0.3) is 0 Å². The summed E-state index contributed by atoms with van der Waals surface area (Å²) in [7, 11) is 1.85. The van der Waals surface area contributed by atoms with Crippen LogP contribution in [-0.4, -0.2) is 18.1 Å². The molecule has 4 heteroatoms. The van der Waals surface area contributed by atoms with Gasteiger partial charge in [-0.25, -0.2) is 4.79 Å². The van der Waals surface area contributed by atoms with E-state index in [9.17, 15) is 10.1 Å². The predicted molar refractivity (Wildman–Crippen MR) is 82.3 cm³/mol. The van der Waals surface area contributed by atoms with Gasteiger partial charge in [0.1, 0.15) is 6.07 Å².